The van der Waals surface area contributed by atoms with Crippen molar-refractivity contribution in [3.63, 3.8) is 0 Å². The second-order valence-corrected chi connectivity index (χ2v) is 4.44. The molecule has 0 aromatic heterocycles. The van der Waals surface area contributed by atoms with Gasteiger partial charge < -0.3 is 10.6 Å². The molecule has 2 N–H and O–H groups in total. The number of benzene rings is 1. The molecule has 1 aromatic rings. The van der Waals surface area contributed by atoms with Crippen molar-refractivity contribution in [2.75, 3.05) is 13.1 Å². The van der Waals surface area contributed by atoms with E-state index >= 15 is 0 Å². The van der Waals surface area contributed by atoms with Crippen LogP contribution in [0.4, 0.5) is 0 Å². The summed E-state index contributed by atoms with van der Waals surface area (Å²) >= 11 is 0. The minimum absolute atomic E-state index is 0.0632. The molecular formula is C16H22N2O. The molecule has 0 aliphatic rings. The normalized spacial score (nSPS) is 11.4. The van der Waals surface area contributed by atoms with Gasteiger partial charge in [-0.15, -0.1) is 0 Å². The van der Waals surface area contributed by atoms with E-state index in [4.69, 9.17) is 5.73 Å². The second-order valence-electron chi connectivity index (χ2n) is 4.44. The summed E-state index contributed by atoms with van der Waals surface area (Å²) < 4.78 is 0. The third-order valence-electron chi connectivity index (χ3n) is 3.17. The van der Waals surface area contributed by atoms with E-state index in [1.165, 1.54) is 0 Å². The zero-order chi connectivity index (χ0) is 14.3. The molecule has 0 spiro atoms. The zero-order valence-electron chi connectivity index (χ0n) is 11.9. The quantitative estimate of drug-likeness (QED) is 0.842. The fraction of sp³-hybridized carbons (Fsp3) is 0.438. The van der Waals surface area contributed by atoms with Gasteiger partial charge in [-0.2, -0.15) is 0 Å². The molecule has 3 heteroatoms. The molecule has 102 valence electrons. The minimum atomic E-state index is 0.0632. The molecule has 0 fully saturated rings. The number of hydrogen-bond donors (Lipinski definition) is 1. The van der Waals surface area contributed by atoms with E-state index in [1.807, 2.05) is 36.1 Å². The summed E-state index contributed by atoms with van der Waals surface area (Å²) in [5, 5.41) is 0. The molecule has 1 aromatic carbocycles. The van der Waals surface area contributed by atoms with Gasteiger partial charge in [0, 0.05) is 23.7 Å². The Balaban J connectivity index is 2.98. The first-order chi connectivity index (χ1) is 9.13. The van der Waals surface area contributed by atoms with E-state index in [9.17, 15) is 4.79 Å². The van der Waals surface area contributed by atoms with E-state index < -0.39 is 0 Å². The van der Waals surface area contributed by atoms with E-state index in [-0.39, 0.29) is 11.9 Å². The molecule has 0 aliphatic carbocycles. The topological polar surface area (TPSA) is 46.3 Å². The number of hydrogen-bond acceptors (Lipinski definition) is 2. The van der Waals surface area contributed by atoms with Crippen LogP contribution in [0.15, 0.2) is 24.3 Å². The highest BCUT2D eigenvalue weighted by atomic mass is 16.2. The van der Waals surface area contributed by atoms with E-state index in [0.29, 0.717) is 18.7 Å². The van der Waals surface area contributed by atoms with Crippen LogP contribution in [-0.4, -0.2) is 29.9 Å². The van der Waals surface area contributed by atoms with Crippen molar-refractivity contribution in [3.05, 3.63) is 35.4 Å². The van der Waals surface area contributed by atoms with Gasteiger partial charge in [0.15, 0.2) is 0 Å². The van der Waals surface area contributed by atoms with Gasteiger partial charge in [-0.1, -0.05) is 24.8 Å². The van der Waals surface area contributed by atoms with Crippen LogP contribution in [0.5, 0.6) is 0 Å². The highest BCUT2D eigenvalue weighted by Crippen LogP contribution is 2.12. The van der Waals surface area contributed by atoms with Crippen molar-refractivity contribution in [2.45, 2.75) is 33.2 Å². The molecule has 0 saturated heterocycles. The monoisotopic (exact) mass is 258 g/mol. The maximum Gasteiger partial charge on any atom is 0.254 e. The van der Waals surface area contributed by atoms with Crippen molar-refractivity contribution in [2.24, 2.45) is 5.73 Å². The fourth-order valence-corrected chi connectivity index (χ4v) is 1.92. The SMILES string of the molecule is CCC(C)N(CC)C(=O)c1cccc(C#CCN)c1. The fourth-order valence-electron chi connectivity index (χ4n) is 1.92. The molecule has 0 radical (unpaired) electrons. The van der Waals surface area contributed by atoms with Crippen molar-refractivity contribution in [1.29, 1.82) is 0 Å². The second kappa shape index (κ2) is 7.60. The highest BCUT2D eigenvalue weighted by molar-refractivity contribution is 5.94. The van der Waals surface area contributed by atoms with E-state index in [0.717, 1.165) is 12.0 Å². The first kappa shape index (κ1) is 15.3. The average Bonchev–Trinajstić information content (AvgIpc) is 2.45. The summed E-state index contributed by atoms with van der Waals surface area (Å²) in [5.41, 5.74) is 6.87. The van der Waals surface area contributed by atoms with Crippen LogP contribution in [0, 0.1) is 11.8 Å². The van der Waals surface area contributed by atoms with Crippen molar-refractivity contribution in [3.8, 4) is 11.8 Å². The third-order valence-corrected chi connectivity index (χ3v) is 3.17. The molecule has 0 saturated carbocycles. The lowest BCUT2D eigenvalue weighted by Crippen LogP contribution is -2.38. The summed E-state index contributed by atoms with van der Waals surface area (Å²) in [6, 6.07) is 7.66. The minimum Gasteiger partial charge on any atom is -0.336 e. The van der Waals surface area contributed by atoms with Crippen LogP contribution in [0.3, 0.4) is 0 Å². The van der Waals surface area contributed by atoms with Crippen LogP contribution in [0.2, 0.25) is 0 Å². The Morgan fingerprint density at radius 3 is 2.74 bits per heavy atom. The van der Waals surface area contributed by atoms with Gasteiger partial charge in [0.25, 0.3) is 5.91 Å². The van der Waals surface area contributed by atoms with Crippen LogP contribution < -0.4 is 5.73 Å². The predicted octanol–water partition coefficient (Wildman–Crippen LogP) is 2.26. The number of nitrogens with zero attached hydrogens (tertiary/aromatic N) is 1. The summed E-state index contributed by atoms with van der Waals surface area (Å²) in [6.07, 6.45) is 0.951. The zero-order valence-corrected chi connectivity index (χ0v) is 11.9. The molecule has 3 nitrogen and oxygen atoms in total. The molecule has 0 aliphatic heterocycles. The number of carbonyl (C=O) groups excluding carboxylic acids is 1. The third kappa shape index (κ3) is 4.11. The maximum atomic E-state index is 12.5. The van der Waals surface area contributed by atoms with Crippen molar-refractivity contribution >= 4 is 5.91 Å². The largest absolute Gasteiger partial charge is 0.336 e. The van der Waals surface area contributed by atoms with Gasteiger partial charge >= 0.3 is 0 Å². The van der Waals surface area contributed by atoms with Crippen LogP contribution in [-0.2, 0) is 0 Å². The molecule has 1 rings (SSSR count). The van der Waals surface area contributed by atoms with Crippen LogP contribution in [0.25, 0.3) is 0 Å². The molecule has 0 bridgehead atoms. The van der Waals surface area contributed by atoms with Gasteiger partial charge in [-0.25, -0.2) is 0 Å². The van der Waals surface area contributed by atoms with Gasteiger partial charge in [-0.3, -0.25) is 4.79 Å². The molecule has 0 heterocycles. The van der Waals surface area contributed by atoms with Gasteiger partial charge in [-0.05, 0) is 38.5 Å². The number of rotatable bonds is 4. The predicted molar refractivity (Wildman–Crippen MR) is 78.8 cm³/mol. The number of amides is 1. The smallest absolute Gasteiger partial charge is 0.254 e. The van der Waals surface area contributed by atoms with Gasteiger partial charge in [0.05, 0.1) is 6.54 Å². The van der Waals surface area contributed by atoms with Gasteiger partial charge in [0.1, 0.15) is 0 Å². The molecule has 1 unspecified atom stereocenters. The lowest BCUT2D eigenvalue weighted by atomic mass is 10.1. The Hall–Kier alpha value is -1.79. The Morgan fingerprint density at radius 2 is 2.16 bits per heavy atom. The van der Waals surface area contributed by atoms with Crippen LogP contribution in [0.1, 0.15) is 43.1 Å². The Morgan fingerprint density at radius 1 is 1.42 bits per heavy atom. The highest BCUT2D eigenvalue weighted by Gasteiger charge is 2.18. The Kier molecular flexibility index (Phi) is 6.11. The van der Waals surface area contributed by atoms with E-state index in [1.54, 1.807) is 0 Å². The summed E-state index contributed by atoms with van der Waals surface area (Å²) in [5.74, 6) is 5.82. The number of carbonyl (C=O) groups is 1. The Bertz CT molecular complexity index is 485. The van der Waals surface area contributed by atoms with Crippen molar-refractivity contribution < 1.29 is 4.79 Å². The lowest BCUT2D eigenvalue weighted by molar-refractivity contribution is 0.0700. The summed E-state index contributed by atoms with van der Waals surface area (Å²) in [4.78, 5) is 14.3. The molecular weight excluding hydrogens is 236 g/mol. The molecule has 19 heavy (non-hydrogen) atoms. The number of nitrogens with two attached hydrogens (primary N) is 1. The van der Waals surface area contributed by atoms with Gasteiger partial charge in [0.2, 0.25) is 0 Å². The average molecular weight is 258 g/mol. The lowest BCUT2D eigenvalue weighted by Gasteiger charge is -2.27. The summed E-state index contributed by atoms with van der Waals surface area (Å²) in [7, 11) is 0. The first-order valence-electron chi connectivity index (χ1n) is 6.74. The first-order valence-corrected chi connectivity index (χ1v) is 6.74. The molecule has 1 atom stereocenters. The Labute approximate surface area is 115 Å². The molecule has 1 amide bonds. The standard InChI is InChI=1S/C16H22N2O/c1-4-13(3)18(5-2)16(19)15-10-6-8-14(12-15)9-7-11-17/h6,8,10,12-13H,4-5,11,17H2,1-3H3. The van der Waals surface area contributed by atoms with Crippen molar-refractivity contribution in [1.82, 2.24) is 4.90 Å². The van der Waals surface area contributed by atoms with E-state index in [2.05, 4.69) is 25.7 Å². The van der Waals surface area contributed by atoms with Crippen LogP contribution >= 0.6 is 0 Å². The maximum absolute atomic E-state index is 12.5. The summed E-state index contributed by atoms with van der Waals surface area (Å²) in [6.45, 7) is 7.20.